The number of fused-ring (bicyclic) bond motifs is 1. The zero-order valence-electron chi connectivity index (χ0n) is 12.0. The molecule has 3 aliphatic carbocycles. The number of hydrogen-bond acceptors (Lipinski definition) is 2. The maximum absolute atomic E-state index is 12.9. The minimum absolute atomic E-state index is 0.00736. The van der Waals surface area contributed by atoms with Gasteiger partial charge >= 0.3 is 6.18 Å². The van der Waals surface area contributed by atoms with Gasteiger partial charge in [-0.2, -0.15) is 13.2 Å². The fraction of sp³-hybridized carbons (Fsp3) is 0.294. The molecule has 5 rings (SSSR count). The van der Waals surface area contributed by atoms with Crippen LogP contribution in [0.2, 0.25) is 0 Å². The van der Waals surface area contributed by atoms with Gasteiger partial charge in [0.05, 0.1) is 11.3 Å². The lowest BCUT2D eigenvalue weighted by molar-refractivity contribution is -0.137. The van der Waals surface area contributed by atoms with Crippen LogP contribution in [0.3, 0.4) is 0 Å². The molecule has 2 atom stereocenters. The Kier molecular flexibility index (Phi) is 2.83. The molecule has 0 radical (unpaired) electrons. The summed E-state index contributed by atoms with van der Waals surface area (Å²) < 4.78 is 39.8. The summed E-state index contributed by atoms with van der Waals surface area (Å²) in [5.74, 6) is -0.326. The summed E-state index contributed by atoms with van der Waals surface area (Å²) in [5.41, 5.74) is 0.558. The van der Waals surface area contributed by atoms with Gasteiger partial charge in [-0.3, -0.25) is 4.57 Å². The summed E-state index contributed by atoms with van der Waals surface area (Å²) in [4.78, 5) is 0. The van der Waals surface area contributed by atoms with Crippen molar-refractivity contribution in [3.63, 3.8) is 0 Å². The third-order valence-corrected chi connectivity index (χ3v) is 4.73. The first-order valence-electron chi connectivity index (χ1n) is 7.40. The number of alkyl halides is 3. The summed E-state index contributed by atoms with van der Waals surface area (Å²) in [7, 11) is 0. The minimum Gasteiger partial charge on any atom is -0.494 e. The molecule has 6 heteroatoms. The van der Waals surface area contributed by atoms with Crippen LogP contribution in [-0.2, 0) is 6.18 Å². The zero-order chi connectivity index (χ0) is 16.4. The lowest BCUT2D eigenvalue weighted by atomic mass is 9.73. The average Bonchev–Trinajstić information content (AvgIpc) is 2.81. The molecule has 0 saturated carbocycles. The minimum atomic E-state index is -4.48. The van der Waals surface area contributed by atoms with Crippen molar-refractivity contribution in [3.05, 3.63) is 53.1 Å². The molecule has 0 amide bonds. The fourth-order valence-corrected chi connectivity index (χ4v) is 3.68. The maximum Gasteiger partial charge on any atom is 0.416 e. The quantitative estimate of drug-likeness (QED) is 0.763. The SMILES string of the molecule is Oc1c2c(c(O)n1-c1cccc(C(F)(F)F)c1)[C@H]1C=C[C@@H]2CC1. The Morgan fingerprint density at radius 3 is 2.00 bits per heavy atom. The predicted octanol–water partition coefficient (Wildman–Crippen LogP) is 4.44. The molecule has 0 unspecified atom stereocenters. The second kappa shape index (κ2) is 4.57. The summed E-state index contributed by atoms with van der Waals surface area (Å²) >= 11 is 0. The normalized spacial score (nSPS) is 22.4. The smallest absolute Gasteiger partial charge is 0.416 e. The topological polar surface area (TPSA) is 45.4 Å². The molecule has 1 aromatic heterocycles. The van der Waals surface area contributed by atoms with Crippen LogP contribution in [0.15, 0.2) is 36.4 Å². The number of halogens is 3. The van der Waals surface area contributed by atoms with Crippen LogP contribution in [0.25, 0.3) is 5.69 Å². The van der Waals surface area contributed by atoms with Crippen molar-refractivity contribution in [2.24, 2.45) is 0 Å². The van der Waals surface area contributed by atoms with E-state index < -0.39 is 11.7 Å². The van der Waals surface area contributed by atoms with E-state index in [-0.39, 0.29) is 29.3 Å². The first kappa shape index (κ1) is 14.2. The Morgan fingerprint density at radius 1 is 0.957 bits per heavy atom. The van der Waals surface area contributed by atoms with Crippen molar-refractivity contribution in [1.82, 2.24) is 4.57 Å². The van der Waals surface area contributed by atoms with E-state index in [1.54, 1.807) is 0 Å². The molecular formula is C17H14F3NO2. The molecule has 23 heavy (non-hydrogen) atoms. The number of allylic oxidation sites excluding steroid dienone is 2. The molecule has 0 fully saturated rings. The second-order valence-electron chi connectivity index (χ2n) is 6.03. The summed E-state index contributed by atoms with van der Waals surface area (Å²) in [6.07, 6.45) is 1.24. The van der Waals surface area contributed by atoms with Gasteiger partial charge in [-0.15, -0.1) is 0 Å². The highest BCUT2D eigenvalue weighted by Crippen LogP contribution is 2.54. The Balaban J connectivity index is 1.91. The number of aromatic hydroxyl groups is 2. The van der Waals surface area contributed by atoms with Crippen molar-refractivity contribution < 1.29 is 23.4 Å². The van der Waals surface area contributed by atoms with Gasteiger partial charge in [-0.25, -0.2) is 0 Å². The monoisotopic (exact) mass is 321 g/mol. The molecule has 1 heterocycles. The summed E-state index contributed by atoms with van der Waals surface area (Å²) in [5, 5.41) is 21.0. The largest absolute Gasteiger partial charge is 0.494 e. The Labute approximate surface area is 130 Å². The number of rotatable bonds is 1. The van der Waals surface area contributed by atoms with Gasteiger partial charge in [0.2, 0.25) is 11.8 Å². The van der Waals surface area contributed by atoms with Gasteiger partial charge in [-0.05, 0) is 31.0 Å². The van der Waals surface area contributed by atoms with Gasteiger partial charge in [0.1, 0.15) is 0 Å². The molecule has 0 aliphatic heterocycles. The van der Waals surface area contributed by atoms with Crippen LogP contribution < -0.4 is 0 Å². The Bertz CT molecular complexity index is 782. The molecule has 2 N–H and O–H groups in total. The molecule has 3 nitrogen and oxygen atoms in total. The molecule has 2 bridgehead atoms. The number of hydrogen-bond donors (Lipinski definition) is 2. The van der Waals surface area contributed by atoms with E-state index in [1.165, 1.54) is 12.1 Å². The van der Waals surface area contributed by atoms with Crippen molar-refractivity contribution in [1.29, 1.82) is 0 Å². The van der Waals surface area contributed by atoms with Crippen molar-refractivity contribution in [3.8, 4) is 17.4 Å². The standard InChI is InChI=1S/C17H14F3NO2/c18-17(19,20)11-2-1-3-12(8-11)21-15(22)13-9-4-5-10(7-6-9)14(13)16(21)23/h1-5,8-10,22-23H,6-7H2/t9-,10+. The van der Waals surface area contributed by atoms with Crippen molar-refractivity contribution >= 4 is 0 Å². The van der Waals surface area contributed by atoms with Crippen LogP contribution in [0.1, 0.15) is 41.4 Å². The van der Waals surface area contributed by atoms with Crippen LogP contribution in [0.5, 0.6) is 11.8 Å². The molecular weight excluding hydrogens is 307 g/mol. The molecule has 2 aromatic rings. The molecule has 0 saturated heterocycles. The second-order valence-corrected chi connectivity index (χ2v) is 6.03. The van der Waals surface area contributed by atoms with Gasteiger partial charge in [0, 0.05) is 23.0 Å². The van der Waals surface area contributed by atoms with Crippen LogP contribution in [-0.4, -0.2) is 14.8 Å². The highest BCUT2D eigenvalue weighted by Gasteiger charge is 2.38. The van der Waals surface area contributed by atoms with Crippen molar-refractivity contribution in [2.45, 2.75) is 30.9 Å². The molecule has 1 aromatic carbocycles. The van der Waals surface area contributed by atoms with E-state index in [2.05, 4.69) is 0 Å². The van der Waals surface area contributed by atoms with E-state index in [1.807, 2.05) is 12.2 Å². The highest BCUT2D eigenvalue weighted by atomic mass is 19.4. The number of benzene rings is 1. The number of nitrogens with zero attached hydrogens (tertiary/aromatic N) is 1. The molecule has 3 aliphatic rings. The van der Waals surface area contributed by atoms with Crippen molar-refractivity contribution in [2.75, 3.05) is 0 Å². The molecule has 120 valence electrons. The first-order chi connectivity index (χ1) is 10.9. The maximum atomic E-state index is 12.9. The van der Waals surface area contributed by atoms with Gasteiger partial charge in [0.15, 0.2) is 0 Å². The van der Waals surface area contributed by atoms with Crippen LogP contribution in [0, 0.1) is 0 Å². The Hall–Kier alpha value is -2.37. The highest BCUT2D eigenvalue weighted by molar-refractivity contribution is 5.60. The fourth-order valence-electron chi connectivity index (χ4n) is 3.68. The van der Waals surface area contributed by atoms with Crippen LogP contribution in [0.4, 0.5) is 13.2 Å². The lowest BCUT2D eigenvalue weighted by Gasteiger charge is -2.30. The first-order valence-corrected chi connectivity index (χ1v) is 7.40. The van der Waals surface area contributed by atoms with E-state index in [0.29, 0.717) is 11.1 Å². The molecule has 0 spiro atoms. The Morgan fingerprint density at radius 2 is 1.52 bits per heavy atom. The average molecular weight is 321 g/mol. The zero-order valence-corrected chi connectivity index (χ0v) is 12.0. The third kappa shape index (κ3) is 1.97. The van der Waals surface area contributed by atoms with Crippen LogP contribution >= 0.6 is 0 Å². The predicted molar refractivity (Wildman–Crippen MR) is 78.0 cm³/mol. The van der Waals surface area contributed by atoms with E-state index >= 15 is 0 Å². The van der Waals surface area contributed by atoms with Gasteiger partial charge in [-0.1, -0.05) is 18.2 Å². The summed E-state index contributed by atoms with van der Waals surface area (Å²) in [6.45, 7) is 0. The number of aromatic nitrogens is 1. The third-order valence-electron chi connectivity index (χ3n) is 4.73. The summed E-state index contributed by atoms with van der Waals surface area (Å²) in [6, 6.07) is 4.60. The lowest BCUT2D eigenvalue weighted by Crippen LogP contribution is -2.15. The van der Waals surface area contributed by atoms with E-state index in [0.717, 1.165) is 29.5 Å². The van der Waals surface area contributed by atoms with Gasteiger partial charge in [0.25, 0.3) is 0 Å². The van der Waals surface area contributed by atoms with E-state index in [4.69, 9.17) is 0 Å². The van der Waals surface area contributed by atoms with E-state index in [9.17, 15) is 23.4 Å². The van der Waals surface area contributed by atoms with Gasteiger partial charge < -0.3 is 10.2 Å².